The van der Waals surface area contributed by atoms with Crippen molar-refractivity contribution in [2.75, 3.05) is 5.32 Å². The van der Waals surface area contributed by atoms with Crippen molar-refractivity contribution < 1.29 is 9.21 Å². The summed E-state index contributed by atoms with van der Waals surface area (Å²) in [6.45, 7) is 0. The highest BCUT2D eigenvalue weighted by Gasteiger charge is 2.09. The molecule has 8 nitrogen and oxygen atoms in total. The van der Waals surface area contributed by atoms with Crippen LogP contribution in [0.5, 0.6) is 0 Å². The highest BCUT2D eigenvalue weighted by Crippen LogP contribution is 2.09. The molecule has 0 atom stereocenters. The molecular formula is C13H9N5O3. The number of rotatable bonds is 3. The van der Waals surface area contributed by atoms with Gasteiger partial charge in [-0.1, -0.05) is 0 Å². The lowest BCUT2D eigenvalue weighted by Crippen LogP contribution is -2.14. The minimum atomic E-state index is -0.519. The van der Waals surface area contributed by atoms with Gasteiger partial charge in [-0.3, -0.25) is 4.79 Å². The lowest BCUT2D eigenvalue weighted by molar-refractivity contribution is 0.102. The molecule has 0 saturated carbocycles. The van der Waals surface area contributed by atoms with E-state index < -0.39 is 11.5 Å². The molecule has 0 aromatic carbocycles. The summed E-state index contributed by atoms with van der Waals surface area (Å²) in [7, 11) is 0. The number of nitrogens with zero attached hydrogens (tertiary/aromatic N) is 4. The first-order valence-corrected chi connectivity index (χ1v) is 5.95. The summed E-state index contributed by atoms with van der Waals surface area (Å²) in [6, 6.07) is 5.87. The van der Waals surface area contributed by atoms with E-state index in [1.807, 2.05) is 0 Å². The molecule has 1 amide bonds. The molecule has 0 spiro atoms. The first-order chi connectivity index (χ1) is 10.2. The maximum absolute atomic E-state index is 12.0. The van der Waals surface area contributed by atoms with Gasteiger partial charge >= 0.3 is 5.63 Å². The van der Waals surface area contributed by atoms with Crippen LogP contribution >= 0.6 is 0 Å². The smallest absolute Gasteiger partial charge is 0.335 e. The fourth-order valence-corrected chi connectivity index (χ4v) is 1.62. The molecule has 0 aliphatic carbocycles. The SMILES string of the molecule is O=C(Nc1cc(-n2cccn2)ncn1)c1ccc(=O)oc1. The molecule has 1 N–H and O–H groups in total. The van der Waals surface area contributed by atoms with Gasteiger partial charge in [0.2, 0.25) is 0 Å². The Kier molecular flexibility index (Phi) is 3.26. The van der Waals surface area contributed by atoms with Crippen molar-refractivity contribution >= 4 is 11.7 Å². The third kappa shape index (κ3) is 2.84. The minimum absolute atomic E-state index is 0.217. The highest BCUT2D eigenvalue weighted by atomic mass is 16.4. The van der Waals surface area contributed by atoms with Crippen molar-refractivity contribution in [3.8, 4) is 5.82 Å². The van der Waals surface area contributed by atoms with Crippen LogP contribution in [0.4, 0.5) is 5.82 Å². The summed E-state index contributed by atoms with van der Waals surface area (Å²) >= 11 is 0. The molecule has 21 heavy (non-hydrogen) atoms. The van der Waals surface area contributed by atoms with Crippen LogP contribution in [0.15, 0.2) is 58.5 Å². The van der Waals surface area contributed by atoms with Gasteiger partial charge in [-0.05, 0) is 12.1 Å². The molecule has 104 valence electrons. The van der Waals surface area contributed by atoms with Crippen LogP contribution in [0.25, 0.3) is 5.82 Å². The molecule has 8 heteroatoms. The average Bonchev–Trinajstić information content (AvgIpc) is 3.02. The second-order valence-electron chi connectivity index (χ2n) is 4.01. The van der Waals surface area contributed by atoms with Crippen molar-refractivity contribution in [1.29, 1.82) is 0 Å². The van der Waals surface area contributed by atoms with Crippen molar-refractivity contribution in [3.63, 3.8) is 0 Å². The van der Waals surface area contributed by atoms with Crippen molar-refractivity contribution in [2.45, 2.75) is 0 Å². The molecule has 0 fully saturated rings. The van der Waals surface area contributed by atoms with Crippen LogP contribution in [0.1, 0.15) is 10.4 Å². The fourth-order valence-electron chi connectivity index (χ4n) is 1.62. The van der Waals surface area contributed by atoms with Gasteiger partial charge in [0, 0.05) is 24.5 Å². The summed E-state index contributed by atoms with van der Waals surface area (Å²) in [5, 5.41) is 6.63. The average molecular weight is 283 g/mol. The number of anilines is 1. The number of aromatic nitrogens is 4. The van der Waals surface area contributed by atoms with E-state index in [0.29, 0.717) is 11.6 Å². The molecule has 3 aromatic rings. The Labute approximate surface area is 118 Å². The Morgan fingerprint density at radius 3 is 2.90 bits per heavy atom. The van der Waals surface area contributed by atoms with E-state index >= 15 is 0 Å². The van der Waals surface area contributed by atoms with Gasteiger partial charge < -0.3 is 9.73 Å². The highest BCUT2D eigenvalue weighted by molar-refractivity contribution is 6.03. The van der Waals surface area contributed by atoms with Gasteiger partial charge in [0.1, 0.15) is 18.4 Å². The van der Waals surface area contributed by atoms with E-state index in [1.54, 1.807) is 29.2 Å². The molecule has 0 aliphatic heterocycles. The molecule has 0 saturated heterocycles. The lowest BCUT2D eigenvalue weighted by Gasteiger charge is -2.05. The Morgan fingerprint density at radius 1 is 1.29 bits per heavy atom. The van der Waals surface area contributed by atoms with Crippen molar-refractivity contribution in [3.05, 3.63) is 65.2 Å². The maximum Gasteiger partial charge on any atom is 0.335 e. The monoisotopic (exact) mass is 283 g/mol. The van der Waals surface area contributed by atoms with Gasteiger partial charge in [-0.25, -0.2) is 19.4 Å². The van der Waals surface area contributed by atoms with E-state index in [0.717, 1.165) is 6.26 Å². The molecule has 0 radical (unpaired) electrons. The fraction of sp³-hybridized carbons (Fsp3) is 0. The Hall–Kier alpha value is -3.29. The van der Waals surface area contributed by atoms with E-state index in [2.05, 4.69) is 24.8 Å². The van der Waals surface area contributed by atoms with Gasteiger partial charge in [0.05, 0.1) is 5.56 Å². The van der Waals surface area contributed by atoms with Crippen LogP contribution in [-0.2, 0) is 0 Å². The first kappa shape index (κ1) is 12.7. The quantitative estimate of drug-likeness (QED) is 0.765. The zero-order chi connectivity index (χ0) is 14.7. The van der Waals surface area contributed by atoms with Gasteiger partial charge in [0.25, 0.3) is 5.91 Å². The molecule has 3 heterocycles. The summed E-state index contributed by atoms with van der Waals surface area (Å²) < 4.78 is 6.18. The normalized spacial score (nSPS) is 10.3. The van der Waals surface area contributed by atoms with Crippen molar-refractivity contribution in [2.24, 2.45) is 0 Å². The lowest BCUT2D eigenvalue weighted by atomic mass is 10.3. The third-order valence-electron chi connectivity index (χ3n) is 2.60. The van der Waals surface area contributed by atoms with Crippen LogP contribution in [0.3, 0.4) is 0 Å². The van der Waals surface area contributed by atoms with Crippen LogP contribution in [0.2, 0.25) is 0 Å². The summed E-state index contributed by atoms with van der Waals surface area (Å²) in [4.78, 5) is 30.8. The van der Waals surface area contributed by atoms with E-state index in [1.165, 1.54) is 18.5 Å². The topological polar surface area (TPSA) is 103 Å². The summed E-state index contributed by atoms with van der Waals surface area (Å²) in [5.74, 6) is 0.389. The first-order valence-electron chi connectivity index (χ1n) is 5.95. The molecule has 3 aromatic heterocycles. The Morgan fingerprint density at radius 2 is 2.19 bits per heavy atom. The second kappa shape index (κ2) is 5.37. The zero-order valence-corrected chi connectivity index (χ0v) is 10.6. The predicted octanol–water partition coefficient (Wildman–Crippen LogP) is 0.868. The van der Waals surface area contributed by atoms with E-state index in [-0.39, 0.29) is 5.56 Å². The molecule has 0 unspecified atom stereocenters. The Bertz CT molecular complexity index is 805. The number of hydrogen-bond acceptors (Lipinski definition) is 6. The summed E-state index contributed by atoms with van der Waals surface area (Å²) in [6.07, 6.45) is 5.75. The second-order valence-corrected chi connectivity index (χ2v) is 4.01. The van der Waals surface area contributed by atoms with Crippen LogP contribution in [-0.4, -0.2) is 25.7 Å². The predicted molar refractivity (Wildman–Crippen MR) is 72.1 cm³/mol. The van der Waals surface area contributed by atoms with Gasteiger partial charge in [-0.15, -0.1) is 0 Å². The zero-order valence-electron chi connectivity index (χ0n) is 10.6. The van der Waals surface area contributed by atoms with E-state index in [4.69, 9.17) is 0 Å². The third-order valence-corrected chi connectivity index (χ3v) is 2.60. The number of nitrogens with one attached hydrogen (secondary N) is 1. The largest absolute Gasteiger partial charge is 0.430 e. The summed E-state index contributed by atoms with van der Waals surface area (Å²) in [5.41, 5.74) is -0.302. The Balaban J connectivity index is 1.82. The van der Waals surface area contributed by atoms with Crippen LogP contribution in [0, 0.1) is 0 Å². The number of amides is 1. The van der Waals surface area contributed by atoms with Crippen molar-refractivity contribution in [1.82, 2.24) is 19.7 Å². The maximum atomic E-state index is 12.0. The van der Waals surface area contributed by atoms with Gasteiger partial charge in [-0.2, -0.15) is 5.10 Å². The number of carbonyl (C=O) groups excluding carboxylic acids is 1. The van der Waals surface area contributed by atoms with E-state index in [9.17, 15) is 9.59 Å². The molecule has 3 rings (SSSR count). The number of carbonyl (C=O) groups is 1. The molecular weight excluding hydrogens is 274 g/mol. The molecule has 0 aliphatic rings. The van der Waals surface area contributed by atoms with Gasteiger partial charge in [0.15, 0.2) is 5.82 Å². The van der Waals surface area contributed by atoms with Crippen LogP contribution < -0.4 is 10.9 Å². The number of hydrogen-bond donors (Lipinski definition) is 1. The molecule has 0 bridgehead atoms. The minimum Gasteiger partial charge on any atom is -0.430 e. The standard InChI is InChI=1S/C13H9N5O3/c19-12-3-2-9(7-21-12)13(20)17-10-6-11(15-8-14-10)18-5-1-4-16-18/h1-8H,(H,14,15,17,20).